The first-order valence-electron chi connectivity index (χ1n) is 3.91. The molecule has 70 valence electrons. The Labute approximate surface area is 72.4 Å². The predicted octanol–water partition coefficient (Wildman–Crippen LogP) is -1.21. The van der Waals surface area contributed by atoms with E-state index in [-0.39, 0.29) is 23.4 Å². The summed E-state index contributed by atoms with van der Waals surface area (Å²) >= 11 is 0. The summed E-state index contributed by atoms with van der Waals surface area (Å²) in [4.78, 5) is 21.2. The number of Topliss-reactive ketones (excluding diaryl/α,β-unsaturated/α-hetero) is 1. The summed E-state index contributed by atoms with van der Waals surface area (Å²) in [6.07, 6.45) is 0.453. The summed E-state index contributed by atoms with van der Waals surface area (Å²) < 4.78 is 0.162. The molecule has 4 nitrogen and oxygen atoms in total. The molecular formula is C8H15NO3. The maximum Gasteiger partial charge on any atom is 0.186 e. The van der Waals surface area contributed by atoms with Crippen molar-refractivity contribution in [2.45, 2.75) is 13.3 Å². The van der Waals surface area contributed by atoms with Crippen molar-refractivity contribution >= 4 is 11.8 Å². The Morgan fingerprint density at radius 2 is 1.75 bits per heavy atom. The number of likely N-dealkylation sites (N-methyl/N-ethyl adjacent to an activating group) is 1. The maximum atomic E-state index is 11.0. The van der Waals surface area contributed by atoms with Gasteiger partial charge in [-0.05, 0) is 0 Å². The second kappa shape index (κ2) is 4.21. The fraction of sp³-hybridized carbons (Fsp3) is 0.750. The van der Waals surface area contributed by atoms with Gasteiger partial charge >= 0.3 is 0 Å². The molecule has 0 radical (unpaired) electrons. The molecule has 0 N–H and O–H groups in total. The lowest BCUT2D eigenvalue weighted by molar-refractivity contribution is -0.876. The Hall–Kier alpha value is -0.900. The summed E-state index contributed by atoms with van der Waals surface area (Å²) in [7, 11) is 3.40. The fourth-order valence-electron chi connectivity index (χ4n) is 0.995. The topological polar surface area (TPSA) is 57.2 Å². The second-order valence-electron chi connectivity index (χ2n) is 3.52. The van der Waals surface area contributed by atoms with Crippen molar-refractivity contribution in [1.29, 1.82) is 0 Å². The van der Waals surface area contributed by atoms with Crippen LogP contribution < -0.4 is 5.11 Å². The van der Waals surface area contributed by atoms with Gasteiger partial charge in [-0.1, -0.05) is 6.92 Å². The third kappa shape index (κ3) is 4.85. The Bertz CT molecular complexity index is 187. The molecule has 0 saturated heterocycles. The molecule has 0 bridgehead atoms. The highest BCUT2D eigenvalue weighted by Gasteiger charge is 2.18. The number of nitrogens with zero attached hydrogens (tertiary/aromatic N) is 1. The Kier molecular flexibility index (Phi) is 3.89. The summed E-state index contributed by atoms with van der Waals surface area (Å²) in [5, 5.41) is 10.2. The Balaban J connectivity index is 4.03. The molecule has 0 atom stereocenters. The van der Waals surface area contributed by atoms with Gasteiger partial charge in [0.05, 0.1) is 20.1 Å². The van der Waals surface area contributed by atoms with Gasteiger partial charge in [0, 0.05) is 6.42 Å². The predicted molar refractivity (Wildman–Crippen MR) is 42.1 cm³/mol. The zero-order valence-electron chi connectivity index (χ0n) is 7.79. The van der Waals surface area contributed by atoms with Gasteiger partial charge in [0.2, 0.25) is 0 Å². The van der Waals surface area contributed by atoms with E-state index in [4.69, 9.17) is 0 Å². The number of carboxylic acids is 1. The zero-order chi connectivity index (χ0) is 9.78. The number of rotatable bonds is 5. The van der Waals surface area contributed by atoms with Crippen molar-refractivity contribution in [2.24, 2.45) is 0 Å². The number of ketones is 1. The number of hydrogen-bond donors (Lipinski definition) is 0. The molecule has 0 unspecified atom stereocenters. The third-order valence-electron chi connectivity index (χ3n) is 1.56. The molecule has 0 saturated carbocycles. The lowest BCUT2D eigenvalue weighted by atomic mass is 10.2. The van der Waals surface area contributed by atoms with Gasteiger partial charge in [0.15, 0.2) is 5.78 Å². The van der Waals surface area contributed by atoms with Crippen LogP contribution in [0.1, 0.15) is 13.3 Å². The van der Waals surface area contributed by atoms with E-state index in [1.807, 2.05) is 0 Å². The van der Waals surface area contributed by atoms with E-state index in [9.17, 15) is 14.7 Å². The van der Waals surface area contributed by atoms with Crippen molar-refractivity contribution < 1.29 is 19.2 Å². The molecule has 0 aromatic rings. The number of carbonyl (C=O) groups is 2. The van der Waals surface area contributed by atoms with E-state index in [2.05, 4.69) is 0 Å². The average molecular weight is 173 g/mol. The van der Waals surface area contributed by atoms with Crippen LogP contribution in [-0.4, -0.2) is 43.4 Å². The van der Waals surface area contributed by atoms with E-state index in [0.29, 0.717) is 6.42 Å². The lowest BCUT2D eigenvalue weighted by Gasteiger charge is -2.28. The third-order valence-corrected chi connectivity index (χ3v) is 1.56. The molecule has 0 aliphatic heterocycles. The van der Waals surface area contributed by atoms with Crippen molar-refractivity contribution in [3.05, 3.63) is 0 Å². The van der Waals surface area contributed by atoms with Crippen LogP contribution in [0.25, 0.3) is 0 Å². The first kappa shape index (κ1) is 11.1. The highest BCUT2D eigenvalue weighted by atomic mass is 16.4. The van der Waals surface area contributed by atoms with Crippen LogP contribution in [0.2, 0.25) is 0 Å². The minimum atomic E-state index is -1.12. The molecule has 0 aromatic heterocycles. The Morgan fingerprint density at radius 3 is 2.08 bits per heavy atom. The fourth-order valence-corrected chi connectivity index (χ4v) is 0.995. The smallest absolute Gasteiger partial charge is 0.186 e. The monoisotopic (exact) mass is 173 g/mol. The van der Waals surface area contributed by atoms with E-state index < -0.39 is 5.97 Å². The number of carboxylic acid groups (broad SMARTS) is 1. The van der Waals surface area contributed by atoms with E-state index >= 15 is 0 Å². The van der Waals surface area contributed by atoms with Gasteiger partial charge in [-0.25, -0.2) is 0 Å². The van der Waals surface area contributed by atoms with Crippen LogP contribution >= 0.6 is 0 Å². The van der Waals surface area contributed by atoms with Gasteiger partial charge in [0.25, 0.3) is 0 Å². The van der Waals surface area contributed by atoms with Gasteiger partial charge in [-0.3, -0.25) is 4.79 Å². The van der Waals surface area contributed by atoms with Crippen molar-refractivity contribution in [3.63, 3.8) is 0 Å². The van der Waals surface area contributed by atoms with Crippen molar-refractivity contribution in [1.82, 2.24) is 0 Å². The van der Waals surface area contributed by atoms with Crippen LogP contribution in [-0.2, 0) is 9.59 Å². The first-order chi connectivity index (χ1) is 5.37. The van der Waals surface area contributed by atoms with Crippen LogP contribution in [0.5, 0.6) is 0 Å². The van der Waals surface area contributed by atoms with E-state index in [0.717, 1.165) is 0 Å². The molecule has 0 aliphatic rings. The molecule has 0 amide bonds. The van der Waals surface area contributed by atoms with Crippen LogP contribution in [0.3, 0.4) is 0 Å². The van der Waals surface area contributed by atoms with E-state index in [1.165, 1.54) is 0 Å². The summed E-state index contributed by atoms with van der Waals surface area (Å²) in [6, 6.07) is 0. The summed E-state index contributed by atoms with van der Waals surface area (Å²) in [5.74, 6) is -1.05. The van der Waals surface area contributed by atoms with Gasteiger partial charge in [0.1, 0.15) is 13.1 Å². The minimum absolute atomic E-state index is 0.0706. The quantitative estimate of drug-likeness (QED) is 0.490. The molecule has 0 aliphatic carbocycles. The zero-order valence-corrected chi connectivity index (χ0v) is 7.79. The molecule has 0 heterocycles. The minimum Gasteiger partial charge on any atom is -0.544 e. The number of carbonyl (C=O) groups excluding carboxylic acids is 2. The molecule has 0 rings (SSSR count). The van der Waals surface area contributed by atoms with Crippen molar-refractivity contribution in [3.8, 4) is 0 Å². The largest absolute Gasteiger partial charge is 0.544 e. The Morgan fingerprint density at radius 1 is 1.25 bits per heavy atom. The van der Waals surface area contributed by atoms with Crippen LogP contribution in [0.4, 0.5) is 0 Å². The second-order valence-corrected chi connectivity index (χ2v) is 3.52. The molecule has 0 aromatic carbocycles. The SMILES string of the molecule is CCC(=O)C[N+](C)(C)CC(=O)[O-]. The van der Waals surface area contributed by atoms with Crippen molar-refractivity contribution in [2.75, 3.05) is 27.2 Å². The normalized spacial score (nSPS) is 11.2. The highest BCUT2D eigenvalue weighted by molar-refractivity contribution is 5.79. The van der Waals surface area contributed by atoms with E-state index in [1.54, 1.807) is 21.0 Å². The molecule has 12 heavy (non-hydrogen) atoms. The van der Waals surface area contributed by atoms with Crippen LogP contribution in [0.15, 0.2) is 0 Å². The van der Waals surface area contributed by atoms with Crippen LogP contribution in [0, 0.1) is 0 Å². The number of aliphatic carboxylic acids is 1. The molecule has 0 fully saturated rings. The lowest BCUT2D eigenvalue weighted by Crippen LogP contribution is -2.50. The summed E-state index contributed by atoms with van der Waals surface area (Å²) in [6.45, 7) is 1.90. The van der Waals surface area contributed by atoms with Gasteiger partial charge in [-0.15, -0.1) is 0 Å². The first-order valence-corrected chi connectivity index (χ1v) is 3.91. The standard InChI is InChI=1S/C8H15NO3/c1-4-7(10)5-9(2,3)6-8(11)12/h4-6H2,1-3H3. The van der Waals surface area contributed by atoms with Gasteiger partial charge < -0.3 is 14.4 Å². The molecular weight excluding hydrogens is 158 g/mol. The maximum absolute atomic E-state index is 11.0. The number of hydrogen-bond acceptors (Lipinski definition) is 3. The molecule has 0 spiro atoms. The number of quaternary nitrogens is 1. The molecule has 4 heteroatoms. The average Bonchev–Trinajstić information content (AvgIpc) is 1.83. The summed E-state index contributed by atoms with van der Waals surface area (Å²) in [5.41, 5.74) is 0. The highest BCUT2D eigenvalue weighted by Crippen LogP contribution is 1.97. The van der Waals surface area contributed by atoms with Gasteiger partial charge in [-0.2, -0.15) is 0 Å².